The lowest BCUT2D eigenvalue weighted by Crippen LogP contribution is -2.10. The lowest BCUT2D eigenvalue weighted by atomic mass is 10.1. The Kier molecular flexibility index (Phi) is 5.88. The minimum absolute atomic E-state index is 0.0966. The number of thiophene rings is 1. The number of hydrogen-bond donors (Lipinski definition) is 2. The summed E-state index contributed by atoms with van der Waals surface area (Å²) >= 11 is 1.12. The van der Waals surface area contributed by atoms with Crippen molar-refractivity contribution in [2.24, 2.45) is 0 Å². The number of phenolic OH excluding ortho intramolecular Hbond substituents is 1. The van der Waals surface area contributed by atoms with Crippen LogP contribution in [0.3, 0.4) is 0 Å². The van der Waals surface area contributed by atoms with Gasteiger partial charge in [-0.1, -0.05) is 6.08 Å². The second-order valence-electron chi connectivity index (χ2n) is 6.02. The van der Waals surface area contributed by atoms with Crippen LogP contribution in [0.2, 0.25) is 0 Å². The van der Waals surface area contributed by atoms with E-state index in [2.05, 4.69) is 9.97 Å². The molecule has 0 unspecified atom stereocenters. The Balaban J connectivity index is 2.01. The molecule has 2 aromatic heterocycles. The second-order valence-corrected chi connectivity index (χ2v) is 7.01. The topological polar surface area (TPSA) is 111 Å². The Labute approximate surface area is 170 Å². The number of phenols is 1. The summed E-state index contributed by atoms with van der Waals surface area (Å²) in [7, 11) is 2.88. The molecule has 0 bridgehead atoms. The van der Waals surface area contributed by atoms with E-state index < -0.39 is 5.97 Å². The Hall–Kier alpha value is -3.33. The lowest BCUT2D eigenvalue weighted by Gasteiger charge is -2.09. The second kappa shape index (κ2) is 8.36. The molecule has 0 aliphatic carbocycles. The van der Waals surface area contributed by atoms with Gasteiger partial charge < -0.3 is 24.3 Å². The smallest absolute Gasteiger partial charge is 0.348 e. The number of benzene rings is 1. The van der Waals surface area contributed by atoms with Crippen molar-refractivity contribution in [2.45, 2.75) is 13.8 Å². The molecule has 2 heterocycles. The summed E-state index contributed by atoms with van der Waals surface area (Å²) in [5.41, 5.74) is 0.898. The van der Waals surface area contributed by atoms with E-state index in [9.17, 15) is 14.7 Å². The summed E-state index contributed by atoms with van der Waals surface area (Å²) in [6, 6.07) is 3.25. The number of ether oxygens (including phenoxy) is 3. The van der Waals surface area contributed by atoms with Gasteiger partial charge in [0.05, 0.1) is 26.2 Å². The highest BCUT2D eigenvalue weighted by atomic mass is 32.1. The van der Waals surface area contributed by atoms with Crippen molar-refractivity contribution >= 4 is 39.7 Å². The maximum atomic E-state index is 12.5. The molecular weight excluding hydrogens is 396 g/mol. The molecule has 9 heteroatoms. The van der Waals surface area contributed by atoms with E-state index in [1.54, 1.807) is 38.1 Å². The van der Waals surface area contributed by atoms with Crippen LogP contribution < -0.4 is 15.0 Å². The van der Waals surface area contributed by atoms with Crippen molar-refractivity contribution in [3.05, 3.63) is 44.3 Å². The lowest BCUT2D eigenvalue weighted by molar-refractivity contribution is 0.0531. The van der Waals surface area contributed by atoms with Crippen LogP contribution in [0.25, 0.3) is 22.4 Å². The van der Waals surface area contributed by atoms with Crippen molar-refractivity contribution in [2.75, 3.05) is 20.8 Å². The zero-order valence-corrected chi connectivity index (χ0v) is 17.2. The molecule has 3 aromatic rings. The van der Waals surface area contributed by atoms with Gasteiger partial charge in [0.1, 0.15) is 15.5 Å². The maximum Gasteiger partial charge on any atom is 0.348 e. The van der Waals surface area contributed by atoms with E-state index in [0.717, 1.165) is 11.3 Å². The number of nitrogens with one attached hydrogen (secondary N) is 1. The summed E-state index contributed by atoms with van der Waals surface area (Å²) in [6.07, 6.45) is 3.31. The van der Waals surface area contributed by atoms with E-state index in [1.807, 2.05) is 0 Å². The van der Waals surface area contributed by atoms with Crippen molar-refractivity contribution in [3.8, 4) is 17.2 Å². The minimum atomic E-state index is -0.465. The first-order valence-corrected chi connectivity index (χ1v) is 9.54. The SMILES string of the molecule is CCOC(=O)c1sc2nc(C=Cc3cc(OC)c(O)c(OC)c3)[nH]c(=O)c2c1C. The first kappa shape index (κ1) is 20.4. The number of H-pyrrole nitrogens is 1. The zero-order chi connectivity index (χ0) is 21.1. The first-order valence-electron chi connectivity index (χ1n) is 8.73. The highest BCUT2D eigenvalue weighted by Gasteiger charge is 2.19. The predicted molar refractivity (Wildman–Crippen MR) is 111 cm³/mol. The number of aromatic amines is 1. The standard InChI is InChI=1S/C20H20N2O6S/c1-5-28-20(25)17-10(2)15-18(24)21-14(22-19(15)29-17)7-6-11-8-12(26-3)16(23)13(9-11)27-4/h6-9,23H,5H2,1-4H3,(H,21,22,24). The zero-order valence-electron chi connectivity index (χ0n) is 16.4. The number of methoxy groups -OCH3 is 2. The molecule has 1 aromatic carbocycles. The Bertz CT molecular complexity index is 1140. The summed E-state index contributed by atoms with van der Waals surface area (Å²) in [5.74, 6) is 0.279. The van der Waals surface area contributed by atoms with Crippen LogP contribution in [0, 0.1) is 6.92 Å². The number of hydrogen-bond acceptors (Lipinski definition) is 8. The van der Waals surface area contributed by atoms with Crippen molar-refractivity contribution in [3.63, 3.8) is 0 Å². The van der Waals surface area contributed by atoms with E-state index in [-0.39, 0.29) is 29.4 Å². The Morgan fingerprint density at radius 1 is 1.24 bits per heavy atom. The molecule has 0 saturated heterocycles. The quantitative estimate of drug-likeness (QED) is 0.593. The Morgan fingerprint density at radius 3 is 2.48 bits per heavy atom. The highest BCUT2D eigenvalue weighted by Crippen LogP contribution is 2.37. The largest absolute Gasteiger partial charge is 0.502 e. The predicted octanol–water partition coefficient (Wildman–Crippen LogP) is 3.36. The van der Waals surface area contributed by atoms with Crippen molar-refractivity contribution in [1.82, 2.24) is 9.97 Å². The molecule has 0 aliphatic rings. The summed E-state index contributed by atoms with van der Waals surface area (Å²) in [5, 5.41) is 10.4. The molecule has 29 heavy (non-hydrogen) atoms. The fraction of sp³-hybridized carbons (Fsp3) is 0.250. The number of rotatable bonds is 6. The van der Waals surface area contributed by atoms with Gasteiger partial charge in [-0.25, -0.2) is 9.78 Å². The summed E-state index contributed by atoms with van der Waals surface area (Å²) < 4.78 is 15.3. The van der Waals surface area contributed by atoms with Crippen LogP contribution in [0.15, 0.2) is 16.9 Å². The van der Waals surface area contributed by atoms with Gasteiger partial charge in [-0.3, -0.25) is 4.79 Å². The first-order chi connectivity index (χ1) is 13.9. The van der Waals surface area contributed by atoms with Crippen LogP contribution in [0.4, 0.5) is 0 Å². The number of carbonyl (C=O) groups excluding carboxylic acids is 1. The Morgan fingerprint density at radius 2 is 1.90 bits per heavy atom. The third-order valence-corrected chi connectivity index (χ3v) is 5.38. The average Bonchev–Trinajstić information content (AvgIpc) is 3.04. The van der Waals surface area contributed by atoms with Gasteiger partial charge in [0.25, 0.3) is 5.56 Å². The van der Waals surface area contributed by atoms with E-state index >= 15 is 0 Å². The van der Waals surface area contributed by atoms with Gasteiger partial charge >= 0.3 is 5.97 Å². The van der Waals surface area contributed by atoms with Crippen LogP contribution in [-0.2, 0) is 4.74 Å². The number of fused-ring (bicyclic) bond motifs is 1. The molecule has 0 amide bonds. The van der Waals surface area contributed by atoms with E-state index in [1.165, 1.54) is 14.2 Å². The van der Waals surface area contributed by atoms with Crippen LogP contribution in [0.5, 0.6) is 17.2 Å². The molecule has 152 valence electrons. The monoisotopic (exact) mass is 416 g/mol. The van der Waals surface area contributed by atoms with Crippen molar-refractivity contribution < 1.29 is 24.1 Å². The number of aryl methyl sites for hydroxylation is 1. The van der Waals surface area contributed by atoms with Gasteiger partial charge in [0, 0.05) is 0 Å². The van der Waals surface area contributed by atoms with Gasteiger partial charge in [-0.15, -0.1) is 11.3 Å². The van der Waals surface area contributed by atoms with Crippen LogP contribution in [-0.4, -0.2) is 41.9 Å². The van der Waals surface area contributed by atoms with Crippen LogP contribution >= 0.6 is 11.3 Å². The highest BCUT2D eigenvalue weighted by molar-refractivity contribution is 7.20. The van der Waals surface area contributed by atoms with Gasteiger partial charge in [-0.2, -0.15) is 0 Å². The third kappa shape index (κ3) is 3.95. The molecule has 0 spiro atoms. The molecule has 3 rings (SSSR count). The molecular formula is C20H20N2O6S. The third-order valence-electron chi connectivity index (χ3n) is 4.22. The number of aromatic nitrogens is 2. The summed E-state index contributed by atoms with van der Waals surface area (Å²) in [4.78, 5) is 32.6. The average molecular weight is 416 g/mol. The molecule has 0 saturated carbocycles. The minimum Gasteiger partial charge on any atom is -0.502 e. The number of aromatic hydroxyl groups is 1. The normalized spacial score (nSPS) is 11.2. The molecule has 0 radical (unpaired) electrons. The number of nitrogens with zero attached hydrogens (tertiary/aromatic N) is 1. The number of carbonyl (C=O) groups is 1. The van der Waals surface area contributed by atoms with E-state index in [0.29, 0.717) is 32.0 Å². The molecule has 0 aliphatic heterocycles. The molecule has 8 nitrogen and oxygen atoms in total. The van der Waals surface area contributed by atoms with E-state index in [4.69, 9.17) is 14.2 Å². The fourth-order valence-electron chi connectivity index (χ4n) is 2.82. The summed E-state index contributed by atoms with van der Waals surface area (Å²) in [6.45, 7) is 3.68. The fourth-order valence-corrected chi connectivity index (χ4v) is 3.90. The maximum absolute atomic E-state index is 12.5. The molecule has 0 fully saturated rings. The van der Waals surface area contributed by atoms with Gasteiger partial charge in [0.15, 0.2) is 11.5 Å². The van der Waals surface area contributed by atoms with Crippen molar-refractivity contribution in [1.29, 1.82) is 0 Å². The van der Waals surface area contributed by atoms with Gasteiger partial charge in [0.2, 0.25) is 5.75 Å². The number of esters is 1. The molecule has 2 N–H and O–H groups in total. The van der Waals surface area contributed by atoms with Crippen LogP contribution in [0.1, 0.15) is 33.5 Å². The van der Waals surface area contributed by atoms with Gasteiger partial charge in [-0.05, 0) is 43.2 Å². The molecule has 0 atom stereocenters.